The molecule has 1 atom stereocenters. The Kier molecular flexibility index (Phi) is 6.30. The molecule has 84 valence electrons. The second-order valence-electron chi connectivity index (χ2n) is 3.41. The van der Waals surface area contributed by atoms with E-state index in [1.807, 2.05) is 19.1 Å². The van der Waals surface area contributed by atoms with Gasteiger partial charge in [0.15, 0.2) is 0 Å². The smallest absolute Gasteiger partial charge is 0.0640 e. The number of hydrogen-bond donors (Lipinski definition) is 1. The summed E-state index contributed by atoms with van der Waals surface area (Å²) in [6.45, 7) is 5.76. The van der Waals surface area contributed by atoms with Crippen molar-refractivity contribution in [3.63, 3.8) is 0 Å². The van der Waals surface area contributed by atoms with Gasteiger partial charge in [-0.25, -0.2) is 0 Å². The van der Waals surface area contributed by atoms with Gasteiger partial charge in [0.2, 0.25) is 0 Å². The van der Waals surface area contributed by atoms with Crippen molar-refractivity contribution in [2.45, 2.75) is 19.4 Å². The van der Waals surface area contributed by atoms with Gasteiger partial charge in [0.05, 0.1) is 10.0 Å². The van der Waals surface area contributed by atoms with Gasteiger partial charge >= 0.3 is 0 Å². The van der Waals surface area contributed by atoms with Crippen LogP contribution in [-0.2, 0) is 0 Å². The van der Waals surface area contributed by atoms with Crippen molar-refractivity contribution in [1.82, 2.24) is 0 Å². The standard InChI is InChI=1S/C11H13Cl2N.ClH/c1-7(2)6-10(14)8-4-3-5-9(12)11(8)13;/h3-5,10H,1,6,14H2,2H3;1H/t10-;/m1./s1. The van der Waals surface area contributed by atoms with Gasteiger partial charge in [-0.1, -0.05) is 40.9 Å². The highest BCUT2D eigenvalue weighted by molar-refractivity contribution is 6.42. The lowest BCUT2D eigenvalue weighted by Crippen LogP contribution is -2.11. The molecule has 0 unspecified atom stereocenters. The summed E-state index contributed by atoms with van der Waals surface area (Å²) in [5, 5.41) is 1.09. The monoisotopic (exact) mass is 265 g/mol. The molecule has 0 radical (unpaired) electrons. The Balaban J connectivity index is 0.00000196. The van der Waals surface area contributed by atoms with Crippen molar-refractivity contribution in [3.8, 4) is 0 Å². The zero-order valence-corrected chi connectivity index (χ0v) is 10.8. The first kappa shape index (κ1) is 14.8. The Bertz CT molecular complexity index is 350. The highest BCUT2D eigenvalue weighted by Gasteiger charge is 2.11. The molecule has 0 aliphatic carbocycles. The minimum Gasteiger partial charge on any atom is -0.324 e. The van der Waals surface area contributed by atoms with Crippen LogP contribution in [0.1, 0.15) is 24.9 Å². The molecule has 0 amide bonds. The molecule has 1 aromatic rings. The van der Waals surface area contributed by atoms with E-state index in [0.717, 1.165) is 17.6 Å². The van der Waals surface area contributed by atoms with Crippen LogP contribution in [0.5, 0.6) is 0 Å². The number of benzene rings is 1. The first-order valence-electron chi connectivity index (χ1n) is 4.36. The Morgan fingerprint density at radius 3 is 2.60 bits per heavy atom. The minimum atomic E-state index is -0.126. The molecule has 0 heterocycles. The van der Waals surface area contributed by atoms with Crippen LogP contribution in [0.3, 0.4) is 0 Å². The minimum absolute atomic E-state index is 0. The maximum Gasteiger partial charge on any atom is 0.0640 e. The summed E-state index contributed by atoms with van der Waals surface area (Å²) < 4.78 is 0. The summed E-state index contributed by atoms with van der Waals surface area (Å²) in [6, 6.07) is 5.36. The van der Waals surface area contributed by atoms with Crippen molar-refractivity contribution in [2.24, 2.45) is 5.73 Å². The van der Waals surface area contributed by atoms with Crippen LogP contribution in [0.2, 0.25) is 10.0 Å². The molecule has 15 heavy (non-hydrogen) atoms. The number of nitrogens with two attached hydrogens (primary N) is 1. The van der Waals surface area contributed by atoms with E-state index >= 15 is 0 Å². The molecular weight excluding hydrogens is 252 g/mol. The van der Waals surface area contributed by atoms with E-state index in [-0.39, 0.29) is 18.4 Å². The Morgan fingerprint density at radius 1 is 1.47 bits per heavy atom. The predicted octanol–water partition coefficient (Wildman–Crippen LogP) is 4.38. The third kappa shape index (κ3) is 4.04. The van der Waals surface area contributed by atoms with Gasteiger partial charge in [-0.15, -0.1) is 19.0 Å². The lowest BCUT2D eigenvalue weighted by molar-refractivity contribution is 0.717. The summed E-state index contributed by atoms with van der Waals surface area (Å²) in [5.41, 5.74) is 7.87. The lowest BCUT2D eigenvalue weighted by Gasteiger charge is -2.14. The van der Waals surface area contributed by atoms with Gasteiger partial charge in [0.25, 0.3) is 0 Å². The fourth-order valence-corrected chi connectivity index (χ4v) is 1.74. The van der Waals surface area contributed by atoms with Crippen molar-refractivity contribution in [1.29, 1.82) is 0 Å². The third-order valence-electron chi connectivity index (χ3n) is 1.95. The van der Waals surface area contributed by atoms with Crippen molar-refractivity contribution in [2.75, 3.05) is 0 Å². The lowest BCUT2D eigenvalue weighted by atomic mass is 10.0. The van der Waals surface area contributed by atoms with Gasteiger partial charge in [-0.05, 0) is 25.0 Å². The molecule has 0 saturated heterocycles. The number of hydrogen-bond acceptors (Lipinski definition) is 1. The molecule has 0 aliphatic heterocycles. The van der Waals surface area contributed by atoms with Crippen molar-refractivity contribution >= 4 is 35.6 Å². The molecule has 0 aliphatic rings. The molecule has 0 saturated carbocycles. The molecule has 1 nitrogen and oxygen atoms in total. The van der Waals surface area contributed by atoms with Gasteiger partial charge < -0.3 is 5.73 Å². The van der Waals surface area contributed by atoms with E-state index < -0.39 is 0 Å². The molecule has 2 N–H and O–H groups in total. The Hall–Kier alpha value is -0.210. The molecule has 0 fully saturated rings. The Labute approximate surface area is 107 Å². The Morgan fingerprint density at radius 2 is 2.07 bits per heavy atom. The van der Waals surface area contributed by atoms with Gasteiger partial charge in [-0.3, -0.25) is 0 Å². The maximum atomic E-state index is 6.03. The van der Waals surface area contributed by atoms with Gasteiger partial charge in [-0.2, -0.15) is 0 Å². The second kappa shape index (κ2) is 6.39. The normalized spacial score (nSPS) is 11.7. The van der Waals surface area contributed by atoms with Crippen LogP contribution in [0, 0.1) is 0 Å². The fourth-order valence-electron chi connectivity index (χ4n) is 1.29. The molecule has 0 spiro atoms. The van der Waals surface area contributed by atoms with E-state index in [2.05, 4.69) is 6.58 Å². The van der Waals surface area contributed by atoms with E-state index in [0.29, 0.717) is 10.0 Å². The van der Waals surface area contributed by atoms with E-state index in [1.165, 1.54) is 0 Å². The summed E-state index contributed by atoms with van der Waals surface area (Å²) >= 11 is 11.9. The van der Waals surface area contributed by atoms with Gasteiger partial charge in [0.1, 0.15) is 0 Å². The zero-order valence-electron chi connectivity index (χ0n) is 8.47. The zero-order chi connectivity index (χ0) is 10.7. The van der Waals surface area contributed by atoms with Crippen LogP contribution in [-0.4, -0.2) is 0 Å². The molecule has 4 heteroatoms. The van der Waals surface area contributed by atoms with Crippen molar-refractivity contribution < 1.29 is 0 Å². The fraction of sp³-hybridized carbons (Fsp3) is 0.273. The second-order valence-corrected chi connectivity index (χ2v) is 4.20. The molecule has 1 rings (SSSR count). The summed E-state index contributed by atoms with van der Waals surface area (Å²) in [5.74, 6) is 0. The first-order chi connectivity index (χ1) is 6.52. The van der Waals surface area contributed by atoms with Gasteiger partial charge in [0, 0.05) is 6.04 Å². The molecule has 0 bridgehead atoms. The van der Waals surface area contributed by atoms with E-state index in [9.17, 15) is 0 Å². The highest BCUT2D eigenvalue weighted by Crippen LogP contribution is 2.30. The van der Waals surface area contributed by atoms with Crippen molar-refractivity contribution in [3.05, 3.63) is 46.0 Å². The highest BCUT2D eigenvalue weighted by atomic mass is 35.5. The average Bonchev–Trinajstić information content (AvgIpc) is 2.08. The van der Waals surface area contributed by atoms with Crippen LogP contribution in [0.15, 0.2) is 30.4 Å². The number of rotatable bonds is 3. The largest absolute Gasteiger partial charge is 0.324 e. The van der Waals surface area contributed by atoms with Crippen LogP contribution in [0.4, 0.5) is 0 Å². The van der Waals surface area contributed by atoms with E-state index in [1.54, 1.807) is 6.07 Å². The molecular formula is C11H14Cl3N. The summed E-state index contributed by atoms with van der Waals surface area (Å²) in [7, 11) is 0. The topological polar surface area (TPSA) is 26.0 Å². The van der Waals surface area contributed by atoms with Crippen LogP contribution in [0.25, 0.3) is 0 Å². The third-order valence-corrected chi connectivity index (χ3v) is 2.78. The summed E-state index contributed by atoms with van der Waals surface area (Å²) in [6.07, 6.45) is 0.722. The quantitative estimate of drug-likeness (QED) is 0.807. The van der Waals surface area contributed by atoms with Crippen LogP contribution < -0.4 is 5.73 Å². The van der Waals surface area contributed by atoms with E-state index in [4.69, 9.17) is 28.9 Å². The summed E-state index contributed by atoms with van der Waals surface area (Å²) in [4.78, 5) is 0. The number of halogens is 3. The first-order valence-corrected chi connectivity index (χ1v) is 5.12. The SMILES string of the molecule is C=C(C)C[C@@H](N)c1cccc(Cl)c1Cl.Cl. The average molecular weight is 267 g/mol. The molecule has 1 aromatic carbocycles. The predicted molar refractivity (Wildman–Crippen MR) is 70.1 cm³/mol. The van der Waals surface area contributed by atoms with Crippen LogP contribution >= 0.6 is 35.6 Å². The molecule has 0 aromatic heterocycles. The maximum absolute atomic E-state index is 6.03.